The zero-order chi connectivity index (χ0) is 15.3. The minimum Gasteiger partial charge on any atom is -0.468 e. The van der Waals surface area contributed by atoms with Crippen LogP contribution >= 0.6 is 12.2 Å². The summed E-state index contributed by atoms with van der Waals surface area (Å²) in [5, 5.41) is 7.74. The minimum absolute atomic E-state index is 0.0941. The van der Waals surface area contributed by atoms with Crippen molar-refractivity contribution in [2.75, 3.05) is 20.7 Å². The van der Waals surface area contributed by atoms with Crippen LogP contribution in [0.2, 0.25) is 0 Å². The van der Waals surface area contributed by atoms with Gasteiger partial charge in [-0.15, -0.1) is 0 Å². The van der Waals surface area contributed by atoms with E-state index in [9.17, 15) is 4.79 Å². The van der Waals surface area contributed by atoms with Crippen molar-refractivity contribution < 1.29 is 9.53 Å². The Morgan fingerprint density at radius 2 is 2.15 bits per heavy atom. The van der Waals surface area contributed by atoms with Gasteiger partial charge in [0.25, 0.3) is 0 Å². The van der Waals surface area contributed by atoms with E-state index in [2.05, 4.69) is 15.8 Å². The van der Waals surface area contributed by atoms with Crippen molar-refractivity contribution in [3.8, 4) is 0 Å². The molecule has 0 aromatic heterocycles. The highest BCUT2D eigenvalue weighted by atomic mass is 32.1. The number of methoxy groups -OCH3 is 1. The molecule has 1 aliphatic rings. The average molecular weight is 300 g/mol. The normalized spacial score (nSPS) is 23.9. The summed E-state index contributed by atoms with van der Waals surface area (Å²) in [5.74, 6) is 0.0234. The number of thiocarbonyl (C=S) groups is 1. The summed E-state index contributed by atoms with van der Waals surface area (Å²) in [6.45, 7) is 6.86. The lowest BCUT2D eigenvalue weighted by Gasteiger charge is -2.21. The second-order valence-corrected chi connectivity index (χ2v) is 6.48. The van der Waals surface area contributed by atoms with Crippen molar-refractivity contribution in [3.63, 3.8) is 0 Å². The van der Waals surface area contributed by atoms with Gasteiger partial charge in [-0.05, 0) is 46.5 Å². The van der Waals surface area contributed by atoms with Gasteiger partial charge in [0.15, 0.2) is 5.11 Å². The SMILES string of the molecule is COC(=O)C1CC(/C=N/NC(=S)NC(C)(C)C)CN1C. The molecule has 20 heavy (non-hydrogen) atoms. The third-order valence-electron chi connectivity index (χ3n) is 2.99. The number of nitrogens with zero attached hydrogens (tertiary/aromatic N) is 2. The fourth-order valence-electron chi connectivity index (χ4n) is 2.13. The van der Waals surface area contributed by atoms with E-state index in [1.807, 2.05) is 32.7 Å². The molecule has 0 aromatic carbocycles. The predicted molar refractivity (Wildman–Crippen MR) is 83.7 cm³/mol. The monoisotopic (exact) mass is 300 g/mol. The number of nitrogens with one attached hydrogen (secondary N) is 2. The molecule has 6 nitrogen and oxygen atoms in total. The Morgan fingerprint density at radius 3 is 2.70 bits per heavy atom. The Balaban J connectivity index is 2.41. The topological polar surface area (TPSA) is 66.0 Å². The second-order valence-electron chi connectivity index (χ2n) is 6.07. The van der Waals surface area contributed by atoms with Gasteiger partial charge >= 0.3 is 5.97 Å². The fourth-order valence-corrected chi connectivity index (χ4v) is 2.49. The van der Waals surface area contributed by atoms with E-state index < -0.39 is 0 Å². The maximum absolute atomic E-state index is 11.6. The molecule has 0 radical (unpaired) electrons. The van der Waals surface area contributed by atoms with Gasteiger partial charge in [-0.25, -0.2) is 0 Å². The zero-order valence-electron chi connectivity index (χ0n) is 12.8. The molecule has 2 atom stereocenters. The number of esters is 1. The number of likely N-dealkylation sites (tertiary alicyclic amines) is 1. The Hall–Kier alpha value is -1.21. The molecule has 0 aromatic rings. The van der Waals surface area contributed by atoms with Crippen LogP contribution in [-0.4, -0.2) is 54.5 Å². The van der Waals surface area contributed by atoms with Gasteiger partial charge in [0.1, 0.15) is 6.04 Å². The molecule has 1 aliphatic heterocycles. The van der Waals surface area contributed by atoms with E-state index >= 15 is 0 Å². The largest absolute Gasteiger partial charge is 0.468 e. The number of carbonyl (C=O) groups excluding carboxylic acids is 1. The summed E-state index contributed by atoms with van der Waals surface area (Å²) in [5.41, 5.74) is 2.70. The van der Waals surface area contributed by atoms with Crippen LogP contribution < -0.4 is 10.7 Å². The van der Waals surface area contributed by atoms with Crippen LogP contribution in [0.4, 0.5) is 0 Å². The van der Waals surface area contributed by atoms with E-state index in [1.54, 1.807) is 6.21 Å². The zero-order valence-corrected chi connectivity index (χ0v) is 13.6. The molecule has 2 N–H and O–H groups in total. The van der Waals surface area contributed by atoms with Crippen LogP contribution in [-0.2, 0) is 9.53 Å². The lowest BCUT2D eigenvalue weighted by Crippen LogP contribution is -2.44. The molecule has 1 fully saturated rings. The Bertz CT molecular complexity index is 392. The predicted octanol–water partition coefficient (Wildman–Crippen LogP) is 0.728. The highest BCUT2D eigenvalue weighted by Gasteiger charge is 2.34. The van der Waals surface area contributed by atoms with Gasteiger partial charge in [-0.1, -0.05) is 0 Å². The highest BCUT2D eigenvalue weighted by molar-refractivity contribution is 7.80. The van der Waals surface area contributed by atoms with Crippen LogP contribution in [0.3, 0.4) is 0 Å². The van der Waals surface area contributed by atoms with Crippen LogP contribution in [0.5, 0.6) is 0 Å². The highest BCUT2D eigenvalue weighted by Crippen LogP contribution is 2.20. The molecule has 0 spiro atoms. The lowest BCUT2D eigenvalue weighted by molar-refractivity contribution is -0.145. The average Bonchev–Trinajstić information content (AvgIpc) is 2.67. The van der Waals surface area contributed by atoms with Crippen molar-refractivity contribution in [2.45, 2.75) is 38.8 Å². The molecule has 1 heterocycles. The number of hydrazone groups is 1. The van der Waals surface area contributed by atoms with E-state index in [1.165, 1.54) is 7.11 Å². The van der Waals surface area contributed by atoms with Crippen LogP contribution in [0.1, 0.15) is 27.2 Å². The standard InChI is InChI=1S/C13H24N4O2S/c1-13(2,3)15-12(20)16-14-7-9-6-10(11(18)19-5)17(4)8-9/h7,9-10H,6,8H2,1-5H3,(H2,15,16,20)/b14-7+. The van der Waals surface area contributed by atoms with E-state index in [0.717, 1.165) is 6.54 Å². The quantitative estimate of drug-likeness (QED) is 0.347. The molecule has 0 amide bonds. The summed E-state index contributed by atoms with van der Waals surface area (Å²) in [6, 6.07) is -0.184. The first-order chi connectivity index (χ1) is 9.23. The maximum Gasteiger partial charge on any atom is 0.323 e. The van der Waals surface area contributed by atoms with Crippen LogP contribution in [0.15, 0.2) is 5.10 Å². The second kappa shape index (κ2) is 6.99. The summed E-state index contributed by atoms with van der Waals surface area (Å²) >= 11 is 5.13. The molecule has 2 unspecified atom stereocenters. The van der Waals surface area contributed by atoms with Gasteiger partial charge in [0.2, 0.25) is 0 Å². The van der Waals surface area contributed by atoms with Crippen LogP contribution in [0, 0.1) is 5.92 Å². The first-order valence-corrected chi connectivity index (χ1v) is 7.03. The van der Waals surface area contributed by atoms with Gasteiger partial charge in [-0.3, -0.25) is 15.1 Å². The van der Waals surface area contributed by atoms with Crippen molar-refractivity contribution in [1.82, 2.24) is 15.6 Å². The van der Waals surface area contributed by atoms with Crippen molar-refractivity contribution in [1.29, 1.82) is 0 Å². The molecule has 114 valence electrons. The fraction of sp³-hybridized carbons (Fsp3) is 0.769. The van der Waals surface area contributed by atoms with Gasteiger partial charge in [0.05, 0.1) is 7.11 Å². The molecule has 0 saturated carbocycles. The Morgan fingerprint density at radius 1 is 1.50 bits per heavy atom. The third kappa shape index (κ3) is 5.42. The van der Waals surface area contributed by atoms with Crippen molar-refractivity contribution in [2.24, 2.45) is 11.0 Å². The molecular weight excluding hydrogens is 276 g/mol. The van der Waals surface area contributed by atoms with E-state index in [4.69, 9.17) is 17.0 Å². The number of likely N-dealkylation sites (N-methyl/N-ethyl adjacent to an activating group) is 1. The molecule has 7 heteroatoms. The first kappa shape index (κ1) is 16.8. The summed E-state index contributed by atoms with van der Waals surface area (Å²) in [4.78, 5) is 13.5. The van der Waals surface area contributed by atoms with Gasteiger partial charge in [0, 0.05) is 24.2 Å². The summed E-state index contributed by atoms with van der Waals surface area (Å²) in [7, 11) is 3.32. The number of ether oxygens (including phenoxy) is 1. The smallest absolute Gasteiger partial charge is 0.323 e. The molecule has 1 saturated heterocycles. The summed E-state index contributed by atoms with van der Waals surface area (Å²) < 4.78 is 4.78. The minimum atomic E-state index is -0.193. The Kier molecular flexibility index (Phi) is 5.88. The number of hydrogen-bond acceptors (Lipinski definition) is 5. The lowest BCUT2D eigenvalue weighted by atomic mass is 10.1. The van der Waals surface area contributed by atoms with E-state index in [0.29, 0.717) is 11.5 Å². The number of hydrogen-bond donors (Lipinski definition) is 2. The first-order valence-electron chi connectivity index (χ1n) is 6.62. The third-order valence-corrected chi connectivity index (χ3v) is 3.19. The van der Waals surface area contributed by atoms with E-state index in [-0.39, 0.29) is 23.5 Å². The van der Waals surface area contributed by atoms with Gasteiger partial charge < -0.3 is 10.1 Å². The Labute approximate surface area is 125 Å². The van der Waals surface area contributed by atoms with Gasteiger partial charge in [-0.2, -0.15) is 5.10 Å². The van der Waals surface area contributed by atoms with Crippen LogP contribution in [0.25, 0.3) is 0 Å². The van der Waals surface area contributed by atoms with Crippen molar-refractivity contribution in [3.05, 3.63) is 0 Å². The summed E-state index contributed by atoms with van der Waals surface area (Å²) in [6.07, 6.45) is 2.52. The molecule has 1 rings (SSSR count). The van der Waals surface area contributed by atoms with Crippen molar-refractivity contribution >= 4 is 29.5 Å². The number of carbonyl (C=O) groups is 1. The number of rotatable bonds is 3. The molecule has 0 aliphatic carbocycles. The molecule has 0 bridgehead atoms. The maximum atomic E-state index is 11.6. The molecular formula is C13H24N4O2S.